The number of rotatable bonds is 2. The van der Waals surface area contributed by atoms with Crippen LogP contribution in [0.5, 0.6) is 0 Å². The quantitative estimate of drug-likeness (QED) is 0.720. The Morgan fingerprint density at radius 3 is 2.90 bits per heavy atom. The van der Waals surface area contributed by atoms with Crippen LogP contribution in [-0.2, 0) is 10.1 Å². The van der Waals surface area contributed by atoms with Gasteiger partial charge in [-0.05, 0) is 19.8 Å². The van der Waals surface area contributed by atoms with Gasteiger partial charge in [-0.1, -0.05) is 0 Å². The largest absolute Gasteiger partial charge is 0.322 e. The highest BCUT2D eigenvalue weighted by atomic mass is 32.2. The molecule has 0 spiro atoms. The highest BCUT2D eigenvalue weighted by Crippen LogP contribution is 2.25. The van der Waals surface area contributed by atoms with Crippen LogP contribution in [0, 0.1) is 6.92 Å². The van der Waals surface area contributed by atoms with Crippen molar-refractivity contribution in [1.29, 1.82) is 0 Å². The number of H-pyrrole nitrogens is 1. The Kier molecular flexibility index (Phi) is 2.80. The maximum Gasteiger partial charge on any atom is 0.286 e. The molecule has 1 aliphatic rings. The van der Waals surface area contributed by atoms with Crippen LogP contribution in [0.3, 0.4) is 0 Å². The van der Waals surface area contributed by atoms with Crippen molar-refractivity contribution in [2.24, 2.45) is 0 Å². The van der Waals surface area contributed by atoms with E-state index in [1.807, 2.05) is 0 Å². The van der Waals surface area contributed by atoms with E-state index in [1.54, 1.807) is 6.92 Å². The Hall–Kier alpha value is -1.94. The fraction of sp³-hybridized carbons (Fsp3) is 0.500. The predicted molar refractivity (Wildman–Crippen MR) is 70.3 cm³/mol. The van der Waals surface area contributed by atoms with Gasteiger partial charge in [0.2, 0.25) is 5.95 Å². The lowest BCUT2D eigenvalue weighted by atomic mass is 10.4. The van der Waals surface area contributed by atoms with Crippen molar-refractivity contribution in [3.8, 4) is 0 Å². The van der Waals surface area contributed by atoms with Gasteiger partial charge in [0, 0.05) is 18.3 Å². The summed E-state index contributed by atoms with van der Waals surface area (Å²) < 4.78 is 33.1. The summed E-state index contributed by atoms with van der Waals surface area (Å²) in [5.41, 5.74) is 0.203. The fourth-order valence-corrected chi connectivity index (χ4v) is 3.39. The average Bonchev–Trinajstić information content (AvgIpc) is 2.91. The number of anilines is 1. The smallest absolute Gasteiger partial charge is 0.286 e. The van der Waals surface area contributed by atoms with Gasteiger partial charge in [-0.15, -0.1) is 0 Å². The first-order valence-corrected chi connectivity index (χ1v) is 7.56. The van der Waals surface area contributed by atoms with Crippen LogP contribution in [0.2, 0.25) is 0 Å². The molecule has 0 aliphatic carbocycles. The first-order valence-electron chi connectivity index (χ1n) is 6.05. The summed E-state index contributed by atoms with van der Waals surface area (Å²) in [6.07, 6.45) is 0.931. The number of hydrogen-bond donors (Lipinski definition) is 2. The van der Waals surface area contributed by atoms with Crippen LogP contribution in [0.4, 0.5) is 5.95 Å². The third-order valence-electron chi connectivity index (χ3n) is 3.26. The lowest BCUT2D eigenvalue weighted by Gasteiger charge is -2.20. The van der Waals surface area contributed by atoms with E-state index in [4.69, 9.17) is 0 Å². The third kappa shape index (κ3) is 2.06. The van der Waals surface area contributed by atoms with Gasteiger partial charge in [0.05, 0.1) is 0 Å². The highest BCUT2D eigenvalue weighted by Gasteiger charge is 2.36. The number of hydrogen-bond acceptors (Lipinski definition) is 6. The maximum atomic E-state index is 11.8. The minimum atomic E-state index is -4.20. The van der Waals surface area contributed by atoms with E-state index < -0.39 is 15.5 Å². The lowest BCUT2D eigenvalue weighted by molar-refractivity contribution is 0.466. The van der Waals surface area contributed by atoms with E-state index in [-0.39, 0.29) is 17.3 Å². The second kappa shape index (κ2) is 4.28. The molecule has 2 N–H and O–H groups in total. The Morgan fingerprint density at radius 2 is 2.20 bits per heavy atom. The van der Waals surface area contributed by atoms with E-state index in [0.717, 1.165) is 4.52 Å². The van der Waals surface area contributed by atoms with E-state index in [2.05, 4.69) is 15.1 Å². The standard InChI is InChI=1S/C10H13N5O4S/c1-6-5-7(16)15-9(11-6)12-10(13-15)14-4-2-3-8(14)20(17,18)19/h5,8H,2-4H2,1H3,(H,11,12,13)(H,17,18,19). The molecule has 1 unspecified atom stereocenters. The van der Waals surface area contributed by atoms with Gasteiger partial charge in [-0.2, -0.15) is 17.9 Å². The number of aryl methyl sites for hydroxylation is 1. The molecule has 0 amide bonds. The molecule has 1 aliphatic heterocycles. The summed E-state index contributed by atoms with van der Waals surface area (Å²) >= 11 is 0. The molecule has 108 valence electrons. The molecule has 1 saturated heterocycles. The van der Waals surface area contributed by atoms with Gasteiger partial charge < -0.3 is 4.90 Å². The topological polar surface area (TPSA) is 121 Å². The molecule has 3 heterocycles. The molecular weight excluding hydrogens is 286 g/mol. The maximum absolute atomic E-state index is 11.8. The zero-order valence-electron chi connectivity index (χ0n) is 10.6. The molecule has 9 nitrogen and oxygen atoms in total. The molecule has 2 aromatic heterocycles. The monoisotopic (exact) mass is 299 g/mol. The Bertz CT molecular complexity index is 824. The molecule has 20 heavy (non-hydrogen) atoms. The van der Waals surface area contributed by atoms with Gasteiger partial charge in [-0.3, -0.25) is 14.4 Å². The molecule has 0 bridgehead atoms. The van der Waals surface area contributed by atoms with E-state index in [0.29, 0.717) is 25.1 Å². The second-order valence-corrected chi connectivity index (χ2v) is 6.30. The Balaban J connectivity index is 2.11. The summed E-state index contributed by atoms with van der Waals surface area (Å²) in [5, 5.41) is 1.67. The van der Waals surface area contributed by atoms with E-state index in [9.17, 15) is 17.8 Å². The SMILES string of the molecule is Cc1cc(=O)n2[nH]c(N3CCCC3S(=O)(=O)O)nc2n1. The van der Waals surface area contributed by atoms with Gasteiger partial charge in [0.15, 0.2) is 5.37 Å². The molecule has 2 aromatic rings. The van der Waals surface area contributed by atoms with Crippen molar-refractivity contribution in [3.05, 3.63) is 22.1 Å². The summed E-state index contributed by atoms with van der Waals surface area (Å²) in [5.74, 6) is 0.381. The molecule has 1 atom stereocenters. The van der Waals surface area contributed by atoms with Crippen LogP contribution in [-0.4, -0.2) is 44.5 Å². The van der Waals surface area contributed by atoms with Crippen LogP contribution >= 0.6 is 0 Å². The zero-order valence-corrected chi connectivity index (χ0v) is 11.5. The van der Waals surface area contributed by atoms with Crippen LogP contribution in [0.25, 0.3) is 5.78 Å². The number of nitrogens with one attached hydrogen (secondary N) is 1. The molecule has 1 fully saturated rings. The third-order valence-corrected chi connectivity index (χ3v) is 4.44. The van der Waals surface area contributed by atoms with Gasteiger partial charge in [-0.25, -0.2) is 4.98 Å². The average molecular weight is 299 g/mol. The molecule has 0 radical (unpaired) electrons. The second-order valence-electron chi connectivity index (χ2n) is 4.72. The fourth-order valence-electron chi connectivity index (χ4n) is 2.40. The van der Waals surface area contributed by atoms with Crippen molar-refractivity contribution in [2.45, 2.75) is 25.1 Å². The first-order chi connectivity index (χ1) is 9.36. The number of fused-ring (bicyclic) bond motifs is 1. The van der Waals surface area contributed by atoms with Crippen molar-refractivity contribution in [2.75, 3.05) is 11.4 Å². The van der Waals surface area contributed by atoms with Crippen molar-refractivity contribution in [1.82, 2.24) is 19.6 Å². The van der Waals surface area contributed by atoms with Crippen molar-refractivity contribution >= 4 is 21.8 Å². The number of aromatic amines is 1. The Morgan fingerprint density at radius 1 is 1.45 bits per heavy atom. The molecule has 0 saturated carbocycles. The summed E-state index contributed by atoms with van der Waals surface area (Å²) in [7, 11) is -4.20. The first kappa shape index (κ1) is 13.1. The van der Waals surface area contributed by atoms with Crippen molar-refractivity contribution in [3.63, 3.8) is 0 Å². The van der Waals surface area contributed by atoms with Gasteiger partial charge in [0.25, 0.3) is 21.5 Å². The number of nitrogens with zero attached hydrogens (tertiary/aromatic N) is 4. The predicted octanol–water partition coefficient (Wildman–Crippen LogP) is -0.460. The molecule has 0 aromatic carbocycles. The summed E-state index contributed by atoms with van der Waals surface area (Å²) in [4.78, 5) is 21.4. The molecule has 10 heteroatoms. The normalized spacial score (nSPS) is 19.9. The van der Waals surface area contributed by atoms with E-state index >= 15 is 0 Å². The minimum Gasteiger partial charge on any atom is -0.322 e. The minimum absolute atomic E-state index is 0.172. The highest BCUT2D eigenvalue weighted by molar-refractivity contribution is 7.86. The zero-order chi connectivity index (χ0) is 14.5. The summed E-state index contributed by atoms with van der Waals surface area (Å²) in [6.45, 7) is 2.10. The number of aromatic nitrogens is 4. The molecular formula is C10H13N5O4S. The summed E-state index contributed by atoms with van der Waals surface area (Å²) in [6, 6.07) is 1.35. The Labute approximate surface area is 114 Å². The van der Waals surface area contributed by atoms with Crippen LogP contribution in [0.15, 0.2) is 10.9 Å². The van der Waals surface area contributed by atoms with Crippen molar-refractivity contribution < 1.29 is 13.0 Å². The van der Waals surface area contributed by atoms with Gasteiger partial charge in [0.1, 0.15) is 0 Å². The van der Waals surface area contributed by atoms with Crippen LogP contribution < -0.4 is 10.5 Å². The van der Waals surface area contributed by atoms with E-state index in [1.165, 1.54) is 11.0 Å². The van der Waals surface area contributed by atoms with Gasteiger partial charge >= 0.3 is 0 Å². The van der Waals surface area contributed by atoms with Crippen LogP contribution in [0.1, 0.15) is 18.5 Å². The lowest BCUT2D eigenvalue weighted by Crippen LogP contribution is -2.36. The molecule has 3 rings (SSSR count).